The van der Waals surface area contributed by atoms with Crippen LogP contribution in [0.15, 0.2) is 63.9 Å². The van der Waals surface area contributed by atoms with E-state index in [9.17, 15) is 4.79 Å². The van der Waals surface area contributed by atoms with Crippen LogP contribution in [0.25, 0.3) is 22.2 Å². The van der Waals surface area contributed by atoms with Gasteiger partial charge in [0.25, 0.3) is 0 Å². The number of nitrogens with zero attached hydrogens (tertiary/aromatic N) is 2. The number of ether oxygens (including phenoxy) is 2. The first-order chi connectivity index (χ1) is 16.7. The van der Waals surface area contributed by atoms with Crippen LogP contribution in [0, 0.1) is 0 Å². The second kappa shape index (κ2) is 9.62. The molecule has 5 rings (SSSR count). The molecular weight excluding hydrogens is 432 g/mol. The van der Waals surface area contributed by atoms with Crippen LogP contribution in [0.2, 0.25) is 0 Å². The van der Waals surface area contributed by atoms with E-state index in [0.29, 0.717) is 42.4 Å². The third kappa shape index (κ3) is 4.25. The Hall–Kier alpha value is -3.75. The van der Waals surface area contributed by atoms with E-state index in [4.69, 9.17) is 13.9 Å². The third-order valence-corrected chi connectivity index (χ3v) is 5.94. The SMILES string of the molecule is CCc1c(C2CNCCO2)c2ccc(Nc3nccc(-c4ccccc4OC)n3)cc2oc1=O. The lowest BCUT2D eigenvalue weighted by molar-refractivity contribution is 0.0278. The minimum absolute atomic E-state index is 0.185. The molecule has 2 N–H and O–H groups in total. The molecule has 0 bridgehead atoms. The zero-order valence-electron chi connectivity index (χ0n) is 19.1. The van der Waals surface area contributed by atoms with Crippen molar-refractivity contribution < 1.29 is 13.9 Å². The molecule has 0 aliphatic carbocycles. The fourth-order valence-electron chi connectivity index (χ4n) is 4.35. The molecule has 2 aromatic carbocycles. The van der Waals surface area contributed by atoms with Gasteiger partial charge < -0.3 is 24.5 Å². The number of rotatable bonds is 6. The van der Waals surface area contributed by atoms with Gasteiger partial charge in [0, 0.05) is 53.1 Å². The number of aromatic nitrogens is 2. The number of nitrogens with one attached hydrogen (secondary N) is 2. The summed E-state index contributed by atoms with van der Waals surface area (Å²) < 4.78 is 17.1. The van der Waals surface area contributed by atoms with Crippen LogP contribution in [-0.4, -0.2) is 36.8 Å². The van der Waals surface area contributed by atoms with Crippen LogP contribution in [0.1, 0.15) is 24.2 Å². The van der Waals surface area contributed by atoms with Gasteiger partial charge in [0.15, 0.2) is 0 Å². The number of hydrogen-bond donors (Lipinski definition) is 2. The third-order valence-electron chi connectivity index (χ3n) is 5.94. The summed E-state index contributed by atoms with van der Waals surface area (Å²) in [6, 6.07) is 15.2. The van der Waals surface area contributed by atoms with Crippen molar-refractivity contribution in [3.63, 3.8) is 0 Å². The van der Waals surface area contributed by atoms with Gasteiger partial charge in [-0.3, -0.25) is 0 Å². The Bertz CT molecular complexity index is 1380. The lowest BCUT2D eigenvalue weighted by Gasteiger charge is -2.26. The molecule has 34 heavy (non-hydrogen) atoms. The molecule has 1 atom stereocenters. The second-order valence-corrected chi connectivity index (χ2v) is 8.00. The summed E-state index contributed by atoms with van der Waals surface area (Å²) in [4.78, 5) is 21.7. The predicted molar refractivity (Wildman–Crippen MR) is 131 cm³/mol. The molecule has 3 heterocycles. The van der Waals surface area contributed by atoms with Crippen molar-refractivity contribution in [1.29, 1.82) is 0 Å². The summed E-state index contributed by atoms with van der Waals surface area (Å²) in [5.41, 5.74) is 4.06. The minimum atomic E-state index is -0.328. The Kier molecular flexibility index (Phi) is 6.24. The molecule has 8 heteroatoms. The maximum atomic E-state index is 12.8. The molecule has 1 aliphatic rings. The molecule has 0 saturated carbocycles. The van der Waals surface area contributed by atoms with Gasteiger partial charge in [0.05, 0.1) is 25.5 Å². The molecule has 1 unspecified atom stereocenters. The number of para-hydroxylation sites is 1. The molecular formula is C26H26N4O4. The van der Waals surface area contributed by atoms with Crippen LogP contribution >= 0.6 is 0 Å². The highest BCUT2D eigenvalue weighted by atomic mass is 16.5. The Morgan fingerprint density at radius 2 is 2.09 bits per heavy atom. The van der Waals surface area contributed by atoms with Gasteiger partial charge in [0.1, 0.15) is 11.3 Å². The molecule has 174 valence electrons. The lowest BCUT2D eigenvalue weighted by atomic mass is 9.97. The molecule has 4 aromatic rings. The second-order valence-electron chi connectivity index (χ2n) is 8.00. The fraction of sp³-hybridized carbons (Fsp3) is 0.269. The van der Waals surface area contributed by atoms with Crippen molar-refractivity contribution in [2.24, 2.45) is 0 Å². The van der Waals surface area contributed by atoms with Gasteiger partial charge >= 0.3 is 5.63 Å². The molecule has 1 fully saturated rings. The first kappa shape index (κ1) is 22.1. The van der Waals surface area contributed by atoms with Gasteiger partial charge in [-0.1, -0.05) is 19.1 Å². The van der Waals surface area contributed by atoms with Crippen molar-refractivity contribution in [3.05, 3.63) is 76.3 Å². The monoisotopic (exact) mass is 458 g/mol. The summed E-state index contributed by atoms with van der Waals surface area (Å²) in [5, 5.41) is 7.44. The van der Waals surface area contributed by atoms with Crippen molar-refractivity contribution >= 4 is 22.6 Å². The smallest absolute Gasteiger partial charge is 0.339 e. The summed E-state index contributed by atoms with van der Waals surface area (Å²) in [6.45, 7) is 4.03. The highest BCUT2D eigenvalue weighted by Crippen LogP contribution is 2.32. The normalized spacial score (nSPS) is 15.9. The van der Waals surface area contributed by atoms with E-state index in [2.05, 4.69) is 20.6 Å². The van der Waals surface area contributed by atoms with Gasteiger partial charge in [-0.2, -0.15) is 0 Å². The van der Waals surface area contributed by atoms with Crippen LogP contribution in [-0.2, 0) is 11.2 Å². The number of hydrogen-bond acceptors (Lipinski definition) is 8. The van der Waals surface area contributed by atoms with E-state index in [1.807, 2.05) is 49.4 Å². The van der Waals surface area contributed by atoms with Crippen LogP contribution in [0.5, 0.6) is 5.75 Å². The summed E-state index contributed by atoms with van der Waals surface area (Å²) in [7, 11) is 1.63. The topological polar surface area (TPSA) is 98.5 Å². The zero-order valence-corrected chi connectivity index (χ0v) is 19.1. The standard InChI is InChI=1S/C26H26N4O4/c1-3-17-24(23-15-27-12-13-33-23)19-9-8-16(14-22(19)34-25(17)31)29-26-28-11-10-20(30-26)18-6-4-5-7-21(18)32-2/h4-11,14,23,27H,3,12-13,15H2,1-2H3,(H,28,29,30). The van der Waals surface area contributed by atoms with E-state index in [1.165, 1.54) is 0 Å². The summed E-state index contributed by atoms with van der Waals surface area (Å²) in [6.07, 6.45) is 2.09. The van der Waals surface area contributed by atoms with Crippen molar-refractivity contribution in [3.8, 4) is 17.0 Å². The molecule has 8 nitrogen and oxygen atoms in total. The number of anilines is 2. The van der Waals surface area contributed by atoms with Crippen molar-refractivity contribution in [1.82, 2.24) is 15.3 Å². The van der Waals surface area contributed by atoms with Crippen LogP contribution in [0.4, 0.5) is 11.6 Å². The van der Waals surface area contributed by atoms with Crippen LogP contribution in [0.3, 0.4) is 0 Å². The molecule has 2 aromatic heterocycles. The largest absolute Gasteiger partial charge is 0.496 e. The quantitative estimate of drug-likeness (QED) is 0.414. The van der Waals surface area contributed by atoms with E-state index in [0.717, 1.165) is 34.5 Å². The van der Waals surface area contributed by atoms with E-state index < -0.39 is 0 Å². The van der Waals surface area contributed by atoms with Gasteiger partial charge in [0.2, 0.25) is 5.95 Å². The van der Waals surface area contributed by atoms with Crippen molar-refractivity contribution in [2.45, 2.75) is 19.4 Å². The molecule has 0 amide bonds. The maximum absolute atomic E-state index is 12.8. The average Bonchev–Trinajstić information content (AvgIpc) is 2.88. The summed E-state index contributed by atoms with van der Waals surface area (Å²) >= 11 is 0. The van der Waals surface area contributed by atoms with E-state index >= 15 is 0 Å². The van der Waals surface area contributed by atoms with Crippen molar-refractivity contribution in [2.75, 3.05) is 32.1 Å². The Morgan fingerprint density at radius 3 is 2.88 bits per heavy atom. The van der Waals surface area contributed by atoms with Gasteiger partial charge in [-0.05, 0) is 36.8 Å². The Labute approximate surface area is 197 Å². The average molecular weight is 459 g/mol. The maximum Gasteiger partial charge on any atom is 0.339 e. The first-order valence-electron chi connectivity index (χ1n) is 11.3. The molecule has 0 spiro atoms. The fourth-order valence-corrected chi connectivity index (χ4v) is 4.35. The highest BCUT2D eigenvalue weighted by molar-refractivity contribution is 5.85. The number of methoxy groups -OCH3 is 1. The highest BCUT2D eigenvalue weighted by Gasteiger charge is 2.24. The first-order valence-corrected chi connectivity index (χ1v) is 11.3. The minimum Gasteiger partial charge on any atom is -0.496 e. The van der Waals surface area contributed by atoms with E-state index in [-0.39, 0.29) is 11.7 Å². The lowest BCUT2D eigenvalue weighted by Crippen LogP contribution is -2.34. The molecule has 1 saturated heterocycles. The predicted octanol–water partition coefficient (Wildman–Crippen LogP) is 4.23. The van der Waals surface area contributed by atoms with E-state index in [1.54, 1.807) is 19.4 Å². The number of benzene rings is 2. The van der Waals surface area contributed by atoms with Gasteiger partial charge in [-0.25, -0.2) is 14.8 Å². The molecule has 0 radical (unpaired) electrons. The zero-order chi connectivity index (χ0) is 23.5. The van der Waals surface area contributed by atoms with Gasteiger partial charge in [-0.15, -0.1) is 0 Å². The Morgan fingerprint density at radius 1 is 1.21 bits per heavy atom. The molecule has 1 aliphatic heterocycles. The summed E-state index contributed by atoms with van der Waals surface area (Å²) in [5.74, 6) is 1.16. The number of fused-ring (bicyclic) bond motifs is 1. The number of morpholine rings is 1. The Balaban J connectivity index is 1.51. The van der Waals surface area contributed by atoms with Crippen LogP contribution < -0.4 is 21.0 Å².